The molecule has 4 heteroatoms. The number of rotatable bonds is 4. The third-order valence-corrected chi connectivity index (χ3v) is 5.18. The van der Waals surface area contributed by atoms with Crippen molar-refractivity contribution in [1.82, 2.24) is 4.90 Å². The molecular weight excluding hydrogens is 304 g/mol. The van der Waals surface area contributed by atoms with Gasteiger partial charge in [-0.25, -0.2) is 0 Å². The van der Waals surface area contributed by atoms with E-state index in [-0.39, 0.29) is 11.9 Å². The molecule has 0 aliphatic carbocycles. The number of piperidine rings is 1. The first-order valence-electron chi connectivity index (χ1n) is 8.04. The summed E-state index contributed by atoms with van der Waals surface area (Å²) in [6, 6.07) is 18.4. The molecule has 2 aromatic rings. The number of thioether (sulfide) groups is 1. The van der Waals surface area contributed by atoms with E-state index in [1.165, 1.54) is 10.5 Å². The molecule has 2 aromatic carbocycles. The highest BCUT2D eigenvalue weighted by molar-refractivity contribution is 7.98. The Morgan fingerprint density at radius 1 is 1.13 bits per heavy atom. The van der Waals surface area contributed by atoms with Gasteiger partial charge in [0.1, 0.15) is 0 Å². The van der Waals surface area contributed by atoms with Gasteiger partial charge in [-0.2, -0.15) is 0 Å². The van der Waals surface area contributed by atoms with Crippen molar-refractivity contribution in [3.63, 3.8) is 0 Å². The lowest BCUT2D eigenvalue weighted by atomic mass is 10.1. The normalized spacial score (nSPS) is 18.0. The van der Waals surface area contributed by atoms with Crippen molar-refractivity contribution in [2.75, 3.05) is 13.1 Å². The first kappa shape index (κ1) is 16.1. The zero-order chi connectivity index (χ0) is 16.1. The van der Waals surface area contributed by atoms with Crippen LogP contribution in [-0.4, -0.2) is 29.9 Å². The third-order valence-electron chi connectivity index (χ3n) is 4.09. The highest BCUT2D eigenvalue weighted by Gasteiger charge is 2.22. The zero-order valence-corrected chi connectivity index (χ0v) is 14.0. The molecule has 0 aromatic heterocycles. The smallest absolute Gasteiger partial charge is 0.253 e. The average molecular weight is 326 g/mol. The molecule has 3 nitrogen and oxygen atoms in total. The van der Waals surface area contributed by atoms with E-state index >= 15 is 0 Å². The number of carbonyl (C=O) groups is 1. The van der Waals surface area contributed by atoms with Gasteiger partial charge in [0, 0.05) is 35.3 Å². The van der Waals surface area contributed by atoms with Crippen LogP contribution in [0.15, 0.2) is 59.5 Å². The topological polar surface area (TPSA) is 46.3 Å². The van der Waals surface area contributed by atoms with Crippen molar-refractivity contribution in [1.29, 1.82) is 0 Å². The van der Waals surface area contributed by atoms with Crippen LogP contribution in [0, 0.1) is 0 Å². The van der Waals surface area contributed by atoms with Gasteiger partial charge in [0.25, 0.3) is 5.91 Å². The molecule has 23 heavy (non-hydrogen) atoms. The van der Waals surface area contributed by atoms with Gasteiger partial charge in [0.05, 0.1) is 0 Å². The number of nitrogens with zero attached hydrogens (tertiary/aromatic N) is 1. The molecule has 1 saturated heterocycles. The predicted octanol–water partition coefficient (Wildman–Crippen LogP) is 3.54. The summed E-state index contributed by atoms with van der Waals surface area (Å²) < 4.78 is 0. The van der Waals surface area contributed by atoms with Gasteiger partial charge in [0.15, 0.2) is 0 Å². The van der Waals surface area contributed by atoms with E-state index in [1.54, 1.807) is 11.8 Å². The Bertz CT molecular complexity index is 642. The van der Waals surface area contributed by atoms with Crippen molar-refractivity contribution in [3.8, 4) is 0 Å². The molecule has 1 fully saturated rings. The highest BCUT2D eigenvalue weighted by Crippen LogP contribution is 2.23. The molecule has 120 valence electrons. The number of amides is 1. The molecule has 0 saturated carbocycles. The van der Waals surface area contributed by atoms with Crippen LogP contribution in [0.2, 0.25) is 0 Å². The lowest BCUT2D eigenvalue weighted by Gasteiger charge is -2.30. The lowest BCUT2D eigenvalue weighted by Crippen LogP contribution is -2.45. The fourth-order valence-electron chi connectivity index (χ4n) is 2.81. The molecule has 1 aliphatic rings. The second-order valence-electron chi connectivity index (χ2n) is 5.95. The zero-order valence-electron chi connectivity index (χ0n) is 13.2. The van der Waals surface area contributed by atoms with Crippen LogP contribution >= 0.6 is 11.8 Å². The summed E-state index contributed by atoms with van der Waals surface area (Å²) in [6.45, 7) is 1.49. The van der Waals surface area contributed by atoms with E-state index < -0.39 is 0 Å². The summed E-state index contributed by atoms with van der Waals surface area (Å²) in [5.74, 6) is 1.04. The number of benzene rings is 2. The van der Waals surface area contributed by atoms with Crippen molar-refractivity contribution in [2.24, 2.45) is 5.73 Å². The molecule has 1 heterocycles. The Kier molecular flexibility index (Phi) is 5.36. The molecule has 0 bridgehead atoms. The third kappa shape index (κ3) is 4.36. The molecule has 0 radical (unpaired) electrons. The second kappa shape index (κ2) is 7.66. The van der Waals surface area contributed by atoms with Crippen LogP contribution in [0.25, 0.3) is 0 Å². The van der Waals surface area contributed by atoms with Gasteiger partial charge in [-0.3, -0.25) is 4.79 Å². The molecule has 2 N–H and O–H groups in total. The summed E-state index contributed by atoms with van der Waals surface area (Å²) in [7, 11) is 0. The molecule has 1 amide bonds. The minimum Gasteiger partial charge on any atom is -0.337 e. The van der Waals surface area contributed by atoms with E-state index in [0.29, 0.717) is 6.54 Å². The summed E-state index contributed by atoms with van der Waals surface area (Å²) in [5.41, 5.74) is 8.02. The second-order valence-corrected chi connectivity index (χ2v) is 7.00. The number of nitrogens with two attached hydrogens (primary N) is 1. The van der Waals surface area contributed by atoms with Gasteiger partial charge < -0.3 is 10.6 Å². The predicted molar refractivity (Wildman–Crippen MR) is 95.6 cm³/mol. The van der Waals surface area contributed by atoms with E-state index in [2.05, 4.69) is 24.3 Å². The maximum atomic E-state index is 12.5. The Morgan fingerprint density at radius 3 is 2.57 bits per heavy atom. The van der Waals surface area contributed by atoms with Crippen LogP contribution in [0.1, 0.15) is 28.8 Å². The summed E-state index contributed by atoms with van der Waals surface area (Å²) in [5, 5.41) is 0. The van der Waals surface area contributed by atoms with Crippen LogP contribution in [0.5, 0.6) is 0 Å². The van der Waals surface area contributed by atoms with E-state index in [4.69, 9.17) is 5.73 Å². The van der Waals surface area contributed by atoms with Gasteiger partial charge in [-0.15, -0.1) is 11.8 Å². The fourth-order valence-corrected chi connectivity index (χ4v) is 3.67. The summed E-state index contributed by atoms with van der Waals surface area (Å²) in [4.78, 5) is 15.6. The maximum absolute atomic E-state index is 12.5. The van der Waals surface area contributed by atoms with Crippen LogP contribution in [0.4, 0.5) is 0 Å². The molecule has 0 spiro atoms. The lowest BCUT2D eigenvalue weighted by molar-refractivity contribution is 0.0709. The van der Waals surface area contributed by atoms with E-state index in [1.807, 2.05) is 35.2 Å². The Morgan fingerprint density at radius 2 is 1.87 bits per heavy atom. The van der Waals surface area contributed by atoms with Gasteiger partial charge in [-0.05, 0) is 42.7 Å². The van der Waals surface area contributed by atoms with Crippen molar-refractivity contribution >= 4 is 17.7 Å². The Balaban J connectivity index is 1.59. The number of hydrogen-bond acceptors (Lipinski definition) is 3. The van der Waals surface area contributed by atoms with Crippen molar-refractivity contribution in [2.45, 2.75) is 29.5 Å². The van der Waals surface area contributed by atoms with E-state index in [0.717, 1.165) is 30.7 Å². The van der Waals surface area contributed by atoms with Crippen LogP contribution in [-0.2, 0) is 5.75 Å². The monoisotopic (exact) mass is 326 g/mol. The number of carbonyl (C=O) groups excluding carboxylic acids is 1. The molecule has 3 rings (SSSR count). The van der Waals surface area contributed by atoms with Crippen molar-refractivity contribution in [3.05, 3.63) is 65.7 Å². The minimum absolute atomic E-state index is 0.0970. The quantitative estimate of drug-likeness (QED) is 0.874. The SMILES string of the molecule is NC1CCCN(C(=O)c2ccc(SCc3ccccc3)cc2)C1. The number of likely N-dealkylation sites (tertiary alicyclic amines) is 1. The Hall–Kier alpha value is -1.78. The Labute approximate surface area is 141 Å². The van der Waals surface area contributed by atoms with Gasteiger partial charge in [0.2, 0.25) is 0 Å². The maximum Gasteiger partial charge on any atom is 0.253 e. The van der Waals surface area contributed by atoms with E-state index in [9.17, 15) is 4.79 Å². The molecule has 1 aliphatic heterocycles. The highest BCUT2D eigenvalue weighted by atomic mass is 32.2. The fraction of sp³-hybridized carbons (Fsp3) is 0.316. The molecular formula is C19H22N2OS. The standard InChI is InChI=1S/C19H22N2OS/c20-17-7-4-12-21(13-17)19(22)16-8-10-18(11-9-16)23-14-15-5-2-1-3-6-15/h1-3,5-6,8-11,17H,4,7,12-14,20H2. The van der Waals surface area contributed by atoms with Crippen LogP contribution in [0.3, 0.4) is 0 Å². The first-order valence-corrected chi connectivity index (χ1v) is 9.02. The molecule has 1 atom stereocenters. The molecule has 1 unspecified atom stereocenters. The summed E-state index contributed by atoms with van der Waals surface area (Å²) >= 11 is 1.79. The van der Waals surface area contributed by atoms with Crippen molar-refractivity contribution < 1.29 is 4.79 Å². The minimum atomic E-state index is 0.0970. The van der Waals surface area contributed by atoms with Gasteiger partial charge >= 0.3 is 0 Å². The van der Waals surface area contributed by atoms with Gasteiger partial charge in [-0.1, -0.05) is 30.3 Å². The average Bonchev–Trinajstić information content (AvgIpc) is 2.61. The van der Waals surface area contributed by atoms with Crippen LogP contribution < -0.4 is 5.73 Å². The first-order chi connectivity index (χ1) is 11.2. The summed E-state index contributed by atoms with van der Waals surface area (Å²) in [6.07, 6.45) is 2.01. The largest absolute Gasteiger partial charge is 0.337 e. The number of hydrogen-bond donors (Lipinski definition) is 1.